The summed E-state index contributed by atoms with van der Waals surface area (Å²) >= 11 is 7.95. The minimum atomic E-state index is 0. The Hall–Kier alpha value is 0.290. The molecule has 1 aromatic rings. The van der Waals surface area contributed by atoms with E-state index in [1.165, 1.54) is 0 Å². The van der Waals surface area contributed by atoms with Crippen molar-refractivity contribution in [3.8, 4) is 5.75 Å². The predicted molar refractivity (Wildman–Crippen MR) is 73.1 cm³/mol. The van der Waals surface area contributed by atoms with Crippen LogP contribution < -0.4 is 4.74 Å². The molecule has 0 radical (unpaired) electrons. The van der Waals surface area contributed by atoms with Gasteiger partial charge in [0.25, 0.3) is 0 Å². The van der Waals surface area contributed by atoms with Gasteiger partial charge in [0.15, 0.2) is 5.78 Å². The minimum absolute atomic E-state index is 0. The summed E-state index contributed by atoms with van der Waals surface area (Å²) in [6.45, 7) is 0.476. The number of halogens is 4. The van der Waals surface area contributed by atoms with Crippen LogP contribution in [0.15, 0.2) is 12.1 Å². The van der Waals surface area contributed by atoms with E-state index < -0.39 is 0 Å². The van der Waals surface area contributed by atoms with Gasteiger partial charge in [-0.3, -0.25) is 4.79 Å². The Kier molecular flexibility index (Phi) is 6.25. The molecule has 1 aromatic carbocycles. The lowest BCUT2D eigenvalue weighted by Crippen LogP contribution is -2.16. The number of ether oxygens (including phenoxy) is 1. The van der Waals surface area contributed by atoms with Gasteiger partial charge < -0.3 is 4.74 Å². The minimum Gasteiger partial charge on any atom is -0.491 e. The first-order valence-electron chi connectivity index (χ1n) is 3.83. The topological polar surface area (TPSA) is 26.3 Å². The Balaban J connectivity index is 0.000000980. The monoisotopic (exact) mass is 380 g/mol. The van der Waals surface area contributed by atoms with Crippen LogP contribution in [0.3, 0.4) is 0 Å². The van der Waals surface area contributed by atoms with Crippen LogP contribution in [-0.4, -0.2) is 12.4 Å². The van der Waals surface area contributed by atoms with Crippen molar-refractivity contribution in [3.63, 3.8) is 0 Å². The highest BCUT2D eigenvalue weighted by molar-refractivity contribution is 14.1. The third-order valence-electron chi connectivity index (χ3n) is 1.88. The summed E-state index contributed by atoms with van der Waals surface area (Å²) in [5, 5.41) is 0.585. The van der Waals surface area contributed by atoms with E-state index >= 15 is 0 Å². The maximum absolute atomic E-state index is 11.4. The van der Waals surface area contributed by atoms with Gasteiger partial charge >= 0.3 is 0 Å². The van der Waals surface area contributed by atoms with E-state index in [1.807, 2.05) is 0 Å². The van der Waals surface area contributed by atoms with E-state index in [4.69, 9.17) is 16.3 Å². The summed E-state index contributed by atoms with van der Waals surface area (Å²) < 4.78 is 6.29. The number of Topliss-reactive ketones (excluding diaryl/α,β-unsaturated/α-hetero) is 1. The van der Waals surface area contributed by atoms with Crippen LogP contribution in [0.2, 0.25) is 5.02 Å². The second kappa shape index (κ2) is 6.13. The molecule has 1 aliphatic heterocycles. The summed E-state index contributed by atoms with van der Waals surface area (Å²) in [6.07, 6.45) is 0.448. The average Bonchev–Trinajstić information content (AvgIpc) is 2.07. The van der Waals surface area contributed by atoms with Gasteiger partial charge in [-0.25, -0.2) is 0 Å². The van der Waals surface area contributed by atoms with Crippen LogP contribution >= 0.6 is 59.0 Å². The molecule has 0 atom stereocenters. The number of hydrogen-bond acceptors (Lipinski definition) is 2. The highest BCUT2D eigenvalue weighted by Crippen LogP contribution is 2.32. The van der Waals surface area contributed by atoms with Crippen LogP contribution in [0, 0.1) is 3.57 Å². The Morgan fingerprint density at radius 2 is 2.00 bits per heavy atom. The van der Waals surface area contributed by atoms with Crippen LogP contribution in [0.4, 0.5) is 0 Å². The van der Waals surface area contributed by atoms with Crippen molar-refractivity contribution in [2.75, 3.05) is 6.61 Å². The Labute approximate surface area is 119 Å². The van der Waals surface area contributed by atoms with E-state index in [0.29, 0.717) is 29.4 Å². The smallest absolute Gasteiger partial charge is 0.170 e. The first-order valence-corrected chi connectivity index (χ1v) is 5.29. The van der Waals surface area contributed by atoms with E-state index in [0.717, 1.165) is 3.57 Å². The molecule has 0 aliphatic carbocycles. The molecule has 0 N–H and O–H groups in total. The number of hydrogen-bond donors (Lipinski definition) is 0. The Morgan fingerprint density at radius 1 is 1.33 bits per heavy atom. The van der Waals surface area contributed by atoms with Crippen LogP contribution in [0.1, 0.15) is 16.8 Å². The first-order chi connectivity index (χ1) is 6.18. The van der Waals surface area contributed by atoms with E-state index in [9.17, 15) is 4.79 Å². The van der Waals surface area contributed by atoms with Gasteiger partial charge in [0.1, 0.15) is 5.75 Å². The van der Waals surface area contributed by atoms with Gasteiger partial charge in [-0.1, -0.05) is 11.6 Å². The van der Waals surface area contributed by atoms with Gasteiger partial charge in [-0.15, -0.1) is 24.8 Å². The fourth-order valence-electron chi connectivity index (χ4n) is 1.29. The molecule has 0 aromatic heterocycles. The second-order valence-electron chi connectivity index (χ2n) is 2.79. The SMILES string of the molecule is Cl.Cl.O=C1CCOc2c(I)cc(Cl)cc21. The molecule has 15 heavy (non-hydrogen) atoms. The molecule has 1 heterocycles. The van der Waals surface area contributed by atoms with Crippen molar-refractivity contribution in [2.24, 2.45) is 0 Å². The lowest BCUT2D eigenvalue weighted by atomic mass is 10.1. The number of carbonyl (C=O) groups is 1. The summed E-state index contributed by atoms with van der Waals surface area (Å²) in [4.78, 5) is 11.4. The molecular weight excluding hydrogens is 373 g/mol. The summed E-state index contributed by atoms with van der Waals surface area (Å²) in [6, 6.07) is 3.46. The predicted octanol–water partition coefficient (Wildman–Crippen LogP) is 3.75. The van der Waals surface area contributed by atoms with Gasteiger partial charge in [0, 0.05) is 11.4 Å². The Bertz CT molecular complexity index is 382. The normalized spacial score (nSPS) is 13.1. The molecule has 0 spiro atoms. The maximum Gasteiger partial charge on any atom is 0.170 e. The molecule has 0 fully saturated rings. The fraction of sp³-hybridized carbons (Fsp3) is 0.222. The third kappa shape index (κ3) is 3.12. The average molecular weight is 381 g/mol. The van der Waals surface area contributed by atoms with Crippen LogP contribution in [-0.2, 0) is 0 Å². The zero-order chi connectivity index (χ0) is 9.42. The molecule has 0 saturated carbocycles. The molecule has 0 bridgehead atoms. The Morgan fingerprint density at radius 3 is 2.67 bits per heavy atom. The maximum atomic E-state index is 11.4. The van der Waals surface area contributed by atoms with E-state index in [-0.39, 0.29) is 30.6 Å². The van der Waals surface area contributed by atoms with Crippen molar-refractivity contribution >= 4 is 64.8 Å². The van der Waals surface area contributed by atoms with Crippen molar-refractivity contribution in [2.45, 2.75) is 6.42 Å². The number of benzene rings is 1. The first kappa shape index (κ1) is 15.3. The molecule has 0 saturated heterocycles. The van der Waals surface area contributed by atoms with Crippen molar-refractivity contribution in [1.29, 1.82) is 0 Å². The van der Waals surface area contributed by atoms with Gasteiger partial charge in [0.05, 0.1) is 15.7 Å². The largest absolute Gasteiger partial charge is 0.491 e. The molecule has 0 amide bonds. The van der Waals surface area contributed by atoms with Crippen LogP contribution in [0.25, 0.3) is 0 Å². The molecule has 2 rings (SSSR count). The summed E-state index contributed by atoms with van der Waals surface area (Å²) in [5.74, 6) is 0.794. The molecular formula is C9H8Cl3IO2. The third-order valence-corrected chi connectivity index (χ3v) is 2.90. The fourth-order valence-corrected chi connectivity index (χ4v) is 2.48. The molecule has 2 nitrogen and oxygen atoms in total. The van der Waals surface area contributed by atoms with E-state index in [2.05, 4.69) is 22.6 Å². The van der Waals surface area contributed by atoms with E-state index in [1.54, 1.807) is 12.1 Å². The van der Waals surface area contributed by atoms with Crippen molar-refractivity contribution in [1.82, 2.24) is 0 Å². The highest BCUT2D eigenvalue weighted by Gasteiger charge is 2.21. The van der Waals surface area contributed by atoms with Gasteiger partial charge in [-0.05, 0) is 34.7 Å². The standard InChI is InChI=1S/C9H6ClIO2.2ClH/c10-5-3-6-8(12)1-2-13-9(6)7(11)4-5;;/h3-4H,1-2H2;2*1H. The molecule has 0 unspecified atom stereocenters. The highest BCUT2D eigenvalue weighted by atomic mass is 127. The van der Waals surface area contributed by atoms with Gasteiger partial charge in [0.2, 0.25) is 0 Å². The number of ketones is 1. The zero-order valence-electron chi connectivity index (χ0n) is 7.46. The quantitative estimate of drug-likeness (QED) is 0.640. The molecule has 84 valence electrons. The van der Waals surface area contributed by atoms with Gasteiger partial charge in [-0.2, -0.15) is 0 Å². The number of carbonyl (C=O) groups excluding carboxylic acids is 1. The molecule has 6 heteroatoms. The molecule has 1 aliphatic rings. The van der Waals surface area contributed by atoms with Crippen molar-refractivity contribution in [3.05, 3.63) is 26.3 Å². The zero-order valence-corrected chi connectivity index (χ0v) is 12.0. The van der Waals surface area contributed by atoms with Crippen molar-refractivity contribution < 1.29 is 9.53 Å². The summed E-state index contributed by atoms with van der Waals surface area (Å²) in [7, 11) is 0. The number of fused-ring (bicyclic) bond motifs is 1. The lowest BCUT2D eigenvalue weighted by molar-refractivity contribution is 0.0933. The number of rotatable bonds is 0. The summed E-state index contributed by atoms with van der Waals surface area (Å²) in [5.41, 5.74) is 0.614. The lowest BCUT2D eigenvalue weighted by Gasteiger charge is -2.17. The second-order valence-corrected chi connectivity index (χ2v) is 4.38. The van der Waals surface area contributed by atoms with Crippen LogP contribution in [0.5, 0.6) is 5.75 Å².